The first-order valence-electron chi connectivity index (χ1n) is 8.12. The van der Waals surface area contributed by atoms with Gasteiger partial charge in [-0.15, -0.1) is 10.2 Å². The first-order chi connectivity index (χ1) is 12.3. The van der Waals surface area contributed by atoms with Gasteiger partial charge in [0.25, 0.3) is 5.91 Å². The van der Waals surface area contributed by atoms with Crippen molar-refractivity contribution in [3.8, 4) is 0 Å². The molecule has 1 N–H and O–H groups in total. The molecule has 0 radical (unpaired) electrons. The smallest absolute Gasteiger partial charge is 0.257 e. The molecule has 1 heterocycles. The molecule has 0 bridgehead atoms. The van der Waals surface area contributed by atoms with Crippen LogP contribution in [0.4, 0.5) is 9.52 Å². The van der Waals surface area contributed by atoms with Crippen molar-refractivity contribution < 1.29 is 14.0 Å². The van der Waals surface area contributed by atoms with Crippen LogP contribution in [-0.4, -0.2) is 44.7 Å². The van der Waals surface area contributed by atoms with Gasteiger partial charge >= 0.3 is 0 Å². The summed E-state index contributed by atoms with van der Waals surface area (Å²) in [6, 6.07) is 5.65. The number of rotatable bonds is 7. The molecule has 0 unspecified atom stereocenters. The largest absolute Gasteiger partial charge is 0.337 e. The number of anilines is 1. The van der Waals surface area contributed by atoms with Gasteiger partial charge in [0, 0.05) is 17.6 Å². The summed E-state index contributed by atoms with van der Waals surface area (Å²) in [7, 11) is 0. The lowest BCUT2D eigenvalue weighted by Gasteiger charge is -2.30. The second-order valence-corrected chi connectivity index (χ2v) is 8.31. The van der Waals surface area contributed by atoms with Crippen molar-refractivity contribution in [2.24, 2.45) is 0 Å². The van der Waals surface area contributed by atoms with E-state index in [2.05, 4.69) is 15.5 Å². The molecule has 0 aliphatic carbocycles. The molecule has 0 saturated carbocycles. The molecule has 1 aromatic heterocycles. The van der Waals surface area contributed by atoms with E-state index in [-0.39, 0.29) is 29.3 Å². The summed E-state index contributed by atoms with van der Waals surface area (Å²) >= 11 is 2.46. The number of nitrogens with zero attached hydrogens (tertiary/aromatic N) is 3. The molecule has 26 heavy (non-hydrogen) atoms. The highest BCUT2D eigenvalue weighted by Crippen LogP contribution is 2.26. The Labute approximate surface area is 160 Å². The lowest BCUT2D eigenvalue weighted by molar-refractivity contribution is -0.131. The van der Waals surface area contributed by atoms with Crippen LogP contribution in [0.5, 0.6) is 0 Å². The van der Waals surface area contributed by atoms with E-state index in [0.29, 0.717) is 9.47 Å². The Morgan fingerprint density at radius 3 is 2.54 bits per heavy atom. The third-order valence-electron chi connectivity index (χ3n) is 3.43. The van der Waals surface area contributed by atoms with E-state index in [1.54, 1.807) is 0 Å². The van der Waals surface area contributed by atoms with E-state index in [1.165, 1.54) is 41.3 Å². The lowest BCUT2D eigenvalue weighted by atomic mass is 10.2. The third kappa shape index (κ3) is 5.50. The molecule has 9 heteroatoms. The van der Waals surface area contributed by atoms with Crippen molar-refractivity contribution in [1.82, 2.24) is 15.1 Å². The number of halogens is 1. The summed E-state index contributed by atoms with van der Waals surface area (Å²) in [5.41, 5.74) is 0.203. The predicted molar refractivity (Wildman–Crippen MR) is 102 cm³/mol. The number of nitrogens with one attached hydrogen (secondary N) is 1. The monoisotopic (exact) mass is 396 g/mol. The Morgan fingerprint density at radius 2 is 1.92 bits per heavy atom. The van der Waals surface area contributed by atoms with Crippen LogP contribution in [0.3, 0.4) is 0 Å². The van der Waals surface area contributed by atoms with Gasteiger partial charge in [0.1, 0.15) is 5.82 Å². The van der Waals surface area contributed by atoms with Gasteiger partial charge in [-0.1, -0.05) is 29.2 Å². The van der Waals surface area contributed by atoms with Crippen LogP contribution in [-0.2, 0) is 4.79 Å². The van der Waals surface area contributed by atoms with Gasteiger partial charge < -0.3 is 4.90 Å². The van der Waals surface area contributed by atoms with Crippen molar-refractivity contribution in [1.29, 1.82) is 0 Å². The number of hydrogen-bond donors (Lipinski definition) is 1. The summed E-state index contributed by atoms with van der Waals surface area (Å²) in [5, 5.41) is 10.8. The molecule has 0 saturated heterocycles. The topological polar surface area (TPSA) is 75.2 Å². The number of carbonyl (C=O) groups excluding carboxylic acids is 2. The van der Waals surface area contributed by atoms with Crippen LogP contribution < -0.4 is 5.32 Å². The van der Waals surface area contributed by atoms with E-state index in [9.17, 15) is 14.0 Å². The van der Waals surface area contributed by atoms with Crippen molar-refractivity contribution in [3.05, 3.63) is 35.6 Å². The fourth-order valence-corrected chi connectivity index (χ4v) is 4.10. The fourth-order valence-electron chi connectivity index (χ4n) is 2.49. The Bertz CT molecular complexity index is 772. The molecular weight excluding hydrogens is 375 g/mol. The summed E-state index contributed by atoms with van der Waals surface area (Å²) in [6.07, 6.45) is 0. The molecule has 140 valence electrons. The quantitative estimate of drug-likeness (QED) is 0.571. The molecular formula is C17H21FN4O2S2. The highest BCUT2D eigenvalue weighted by Gasteiger charge is 2.20. The lowest BCUT2D eigenvalue weighted by Crippen LogP contribution is -2.43. The highest BCUT2D eigenvalue weighted by molar-refractivity contribution is 8.01. The third-order valence-corrected chi connectivity index (χ3v) is 5.39. The Kier molecular flexibility index (Phi) is 7.10. The number of benzene rings is 1. The van der Waals surface area contributed by atoms with E-state index in [4.69, 9.17) is 0 Å². The second-order valence-electron chi connectivity index (χ2n) is 6.11. The average molecular weight is 397 g/mol. The molecule has 2 amide bonds. The molecule has 0 spiro atoms. The average Bonchev–Trinajstić information content (AvgIpc) is 2.99. The maximum Gasteiger partial charge on any atom is 0.257 e. The molecule has 6 nitrogen and oxygen atoms in total. The van der Waals surface area contributed by atoms with E-state index >= 15 is 0 Å². The molecule has 1 aromatic carbocycles. The van der Waals surface area contributed by atoms with Gasteiger partial charge in [0.2, 0.25) is 11.0 Å². The summed E-state index contributed by atoms with van der Waals surface area (Å²) in [5.74, 6) is -0.660. The van der Waals surface area contributed by atoms with Crippen LogP contribution in [0.15, 0.2) is 28.6 Å². The molecule has 0 aliphatic rings. The minimum atomic E-state index is -0.482. The summed E-state index contributed by atoms with van der Waals surface area (Å²) in [6.45, 7) is 7.92. The Balaban J connectivity index is 1.93. The zero-order chi connectivity index (χ0) is 19.3. The van der Waals surface area contributed by atoms with Crippen molar-refractivity contribution in [3.63, 3.8) is 0 Å². The minimum Gasteiger partial charge on any atom is -0.337 e. The molecule has 2 rings (SSSR count). The normalized spacial score (nSPS) is 11.0. The molecule has 0 fully saturated rings. The summed E-state index contributed by atoms with van der Waals surface area (Å²) < 4.78 is 13.8. The van der Waals surface area contributed by atoms with Gasteiger partial charge in [-0.2, -0.15) is 0 Å². The van der Waals surface area contributed by atoms with Crippen LogP contribution >= 0.6 is 23.1 Å². The zero-order valence-corrected chi connectivity index (χ0v) is 16.7. The highest BCUT2D eigenvalue weighted by atomic mass is 32.2. The van der Waals surface area contributed by atoms with Crippen LogP contribution in [0.25, 0.3) is 0 Å². The van der Waals surface area contributed by atoms with Crippen molar-refractivity contribution >= 4 is 40.0 Å². The predicted octanol–water partition coefficient (Wildman–Crippen LogP) is 3.67. The Morgan fingerprint density at radius 1 is 1.23 bits per heavy atom. The fraction of sp³-hybridized carbons (Fsp3) is 0.412. The van der Waals surface area contributed by atoms with Crippen LogP contribution in [0, 0.1) is 5.82 Å². The SMILES string of the molecule is CC(C)N(C(=O)CSc1nnc(NC(=O)c2cccc(F)c2)s1)C(C)C. The van der Waals surface area contributed by atoms with E-state index < -0.39 is 11.7 Å². The molecule has 0 atom stereocenters. The number of aromatic nitrogens is 2. The standard InChI is InChI=1S/C17H21FN4O2S2/c1-10(2)22(11(3)4)14(23)9-25-17-21-20-16(26-17)19-15(24)12-6-5-7-13(18)8-12/h5-8,10-11H,9H2,1-4H3,(H,19,20,24). The number of hydrogen-bond acceptors (Lipinski definition) is 6. The van der Waals surface area contributed by atoms with Gasteiger partial charge in [-0.3, -0.25) is 14.9 Å². The molecule has 0 aliphatic heterocycles. The van der Waals surface area contributed by atoms with Crippen LogP contribution in [0.1, 0.15) is 38.1 Å². The second kappa shape index (κ2) is 9.09. The van der Waals surface area contributed by atoms with E-state index in [1.807, 2.05) is 32.6 Å². The first kappa shape index (κ1) is 20.3. The van der Waals surface area contributed by atoms with Crippen LogP contribution in [0.2, 0.25) is 0 Å². The number of carbonyl (C=O) groups is 2. The summed E-state index contributed by atoms with van der Waals surface area (Å²) in [4.78, 5) is 26.3. The van der Waals surface area contributed by atoms with Gasteiger partial charge in [-0.25, -0.2) is 4.39 Å². The van der Waals surface area contributed by atoms with E-state index in [0.717, 1.165) is 6.07 Å². The van der Waals surface area contributed by atoms with Gasteiger partial charge in [-0.05, 0) is 45.9 Å². The zero-order valence-electron chi connectivity index (χ0n) is 15.0. The van der Waals surface area contributed by atoms with Crippen molar-refractivity contribution in [2.45, 2.75) is 44.1 Å². The maximum atomic E-state index is 13.2. The van der Waals surface area contributed by atoms with Gasteiger partial charge in [0.05, 0.1) is 5.75 Å². The number of thioether (sulfide) groups is 1. The van der Waals surface area contributed by atoms with Crippen molar-refractivity contribution in [2.75, 3.05) is 11.1 Å². The minimum absolute atomic E-state index is 0.0283. The maximum absolute atomic E-state index is 13.2. The Hall–Kier alpha value is -2.00. The first-order valence-corrected chi connectivity index (χ1v) is 9.92. The molecule has 2 aromatic rings. The van der Waals surface area contributed by atoms with Gasteiger partial charge in [0.15, 0.2) is 4.34 Å². The number of amides is 2.